The van der Waals surface area contributed by atoms with Crippen LogP contribution in [0.1, 0.15) is 46.6 Å². The third-order valence-corrected chi connectivity index (χ3v) is 5.11. The molecule has 116 valence electrons. The first-order chi connectivity index (χ1) is 9.96. The highest BCUT2D eigenvalue weighted by atomic mass is 16.3. The standard InChI is InChI=1S/C17H27N3O/c1-13-5-6-16(9-14(13)2)7-8-17(4,10-21)15(3)20-12-18-11-19-20/h5-6,9,11-15,21H,7-8,10H2,1-4H3/t13?,14?,15-,17?/m1/s1. The smallest absolute Gasteiger partial charge is 0.137 e. The number of hydrogen-bond donors (Lipinski definition) is 1. The molecule has 4 nitrogen and oxygen atoms in total. The van der Waals surface area contributed by atoms with E-state index in [1.54, 1.807) is 12.7 Å². The quantitative estimate of drug-likeness (QED) is 0.873. The van der Waals surface area contributed by atoms with Gasteiger partial charge in [-0.2, -0.15) is 5.10 Å². The van der Waals surface area contributed by atoms with Crippen LogP contribution in [0.15, 0.2) is 36.5 Å². The zero-order valence-corrected chi connectivity index (χ0v) is 13.5. The zero-order valence-electron chi connectivity index (χ0n) is 13.5. The maximum Gasteiger partial charge on any atom is 0.137 e. The Balaban J connectivity index is 2.02. The molecule has 0 spiro atoms. The van der Waals surface area contributed by atoms with Crippen LogP contribution in [0, 0.1) is 17.3 Å². The summed E-state index contributed by atoms with van der Waals surface area (Å²) in [7, 11) is 0. The minimum absolute atomic E-state index is 0.120. The molecule has 0 amide bonds. The fourth-order valence-electron chi connectivity index (χ4n) is 2.75. The first-order valence-electron chi connectivity index (χ1n) is 7.80. The number of allylic oxidation sites excluding steroid dienone is 4. The van der Waals surface area contributed by atoms with Crippen LogP contribution in [0.5, 0.6) is 0 Å². The van der Waals surface area contributed by atoms with E-state index in [9.17, 15) is 5.11 Å². The molecule has 1 aromatic heterocycles. The first kappa shape index (κ1) is 16.0. The molecule has 1 aliphatic carbocycles. The number of nitrogens with zero attached hydrogens (tertiary/aromatic N) is 3. The molecule has 0 radical (unpaired) electrons. The van der Waals surface area contributed by atoms with Gasteiger partial charge in [0.15, 0.2) is 0 Å². The van der Waals surface area contributed by atoms with E-state index in [0.717, 1.165) is 12.8 Å². The lowest BCUT2D eigenvalue weighted by molar-refractivity contribution is 0.0766. The third kappa shape index (κ3) is 3.62. The molecule has 1 aromatic rings. The summed E-state index contributed by atoms with van der Waals surface area (Å²) in [4.78, 5) is 4.01. The molecule has 0 saturated carbocycles. The van der Waals surface area contributed by atoms with Crippen LogP contribution < -0.4 is 0 Å². The van der Waals surface area contributed by atoms with Crippen LogP contribution in [0.2, 0.25) is 0 Å². The van der Waals surface area contributed by atoms with E-state index in [-0.39, 0.29) is 18.1 Å². The minimum atomic E-state index is -0.200. The van der Waals surface area contributed by atoms with Gasteiger partial charge in [-0.15, -0.1) is 0 Å². The average Bonchev–Trinajstić information content (AvgIpc) is 3.01. The molecule has 0 aromatic carbocycles. The van der Waals surface area contributed by atoms with Gasteiger partial charge in [-0.25, -0.2) is 9.67 Å². The molecule has 4 heteroatoms. The van der Waals surface area contributed by atoms with E-state index in [0.29, 0.717) is 11.8 Å². The molecular weight excluding hydrogens is 262 g/mol. The molecular formula is C17H27N3O. The largest absolute Gasteiger partial charge is 0.396 e. The van der Waals surface area contributed by atoms with Crippen molar-refractivity contribution >= 4 is 0 Å². The average molecular weight is 289 g/mol. The Kier molecular flexibility index (Phi) is 4.99. The van der Waals surface area contributed by atoms with Crippen molar-refractivity contribution in [3.8, 4) is 0 Å². The second-order valence-electron chi connectivity index (χ2n) is 6.68. The fraction of sp³-hybridized carbons (Fsp3) is 0.647. The summed E-state index contributed by atoms with van der Waals surface area (Å²) in [5.74, 6) is 1.21. The van der Waals surface area contributed by atoms with Crippen molar-refractivity contribution in [1.82, 2.24) is 14.8 Å². The van der Waals surface area contributed by atoms with Crippen LogP contribution >= 0.6 is 0 Å². The summed E-state index contributed by atoms with van der Waals surface area (Å²) in [5, 5.41) is 14.1. The monoisotopic (exact) mass is 289 g/mol. The van der Waals surface area contributed by atoms with Crippen LogP contribution in [-0.4, -0.2) is 26.5 Å². The van der Waals surface area contributed by atoms with E-state index in [2.05, 4.69) is 56.0 Å². The number of aromatic nitrogens is 3. The van der Waals surface area contributed by atoms with Gasteiger partial charge >= 0.3 is 0 Å². The second-order valence-corrected chi connectivity index (χ2v) is 6.68. The van der Waals surface area contributed by atoms with Crippen molar-refractivity contribution in [2.24, 2.45) is 17.3 Å². The Bertz CT molecular complexity index is 506. The Morgan fingerprint density at radius 2 is 2.14 bits per heavy atom. The number of rotatable bonds is 6. The van der Waals surface area contributed by atoms with Crippen molar-refractivity contribution in [3.05, 3.63) is 36.5 Å². The highest BCUT2D eigenvalue weighted by Gasteiger charge is 2.32. The number of hydrogen-bond acceptors (Lipinski definition) is 3. The lowest BCUT2D eigenvalue weighted by atomic mass is 9.77. The molecule has 3 unspecified atom stereocenters. The Labute approximate surface area is 127 Å². The van der Waals surface area contributed by atoms with Gasteiger partial charge in [0.05, 0.1) is 12.6 Å². The van der Waals surface area contributed by atoms with Gasteiger partial charge in [0.1, 0.15) is 12.7 Å². The van der Waals surface area contributed by atoms with E-state index >= 15 is 0 Å². The predicted molar refractivity (Wildman–Crippen MR) is 84.7 cm³/mol. The van der Waals surface area contributed by atoms with Crippen LogP contribution in [0.25, 0.3) is 0 Å². The van der Waals surface area contributed by atoms with E-state index in [1.165, 1.54) is 5.57 Å². The van der Waals surface area contributed by atoms with Crippen molar-refractivity contribution in [1.29, 1.82) is 0 Å². The van der Waals surface area contributed by atoms with Gasteiger partial charge in [-0.1, -0.05) is 44.6 Å². The van der Waals surface area contributed by atoms with Gasteiger partial charge in [-0.3, -0.25) is 0 Å². The van der Waals surface area contributed by atoms with Gasteiger partial charge < -0.3 is 5.11 Å². The zero-order chi connectivity index (χ0) is 15.5. The summed E-state index contributed by atoms with van der Waals surface area (Å²) in [6.45, 7) is 8.88. The fourth-order valence-corrected chi connectivity index (χ4v) is 2.75. The number of aliphatic hydroxyl groups is 1. The van der Waals surface area contributed by atoms with Crippen molar-refractivity contribution < 1.29 is 5.11 Å². The van der Waals surface area contributed by atoms with Gasteiger partial charge in [0.25, 0.3) is 0 Å². The van der Waals surface area contributed by atoms with Crippen molar-refractivity contribution in [3.63, 3.8) is 0 Å². The van der Waals surface area contributed by atoms with E-state index in [4.69, 9.17) is 0 Å². The maximum absolute atomic E-state index is 9.88. The molecule has 1 N–H and O–H groups in total. The highest BCUT2D eigenvalue weighted by molar-refractivity contribution is 5.25. The molecule has 0 fully saturated rings. The van der Waals surface area contributed by atoms with Gasteiger partial charge in [0.2, 0.25) is 0 Å². The molecule has 1 heterocycles. The predicted octanol–water partition coefficient (Wildman–Crippen LogP) is 3.39. The summed E-state index contributed by atoms with van der Waals surface area (Å²) >= 11 is 0. The number of aliphatic hydroxyl groups excluding tert-OH is 1. The molecule has 0 saturated heterocycles. The third-order valence-electron chi connectivity index (χ3n) is 5.11. The molecule has 4 atom stereocenters. The lowest BCUT2D eigenvalue weighted by Gasteiger charge is -2.34. The Hall–Kier alpha value is -1.42. The summed E-state index contributed by atoms with van der Waals surface area (Å²) in [6, 6.07) is 0.120. The molecule has 1 aliphatic rings. The molecule has 2 rings (SSSR count). The minimum Gasteiger partial charge on any atom is -0.396 e. The summed E-state index contributed by atoms with van der Waals surface area (Å²) < 4.78 is 1.84. The van der Waals surface area contributed by atoms with Crippen molar-refractivity contribution in [2.75, 3.05) is 6.61 Å². The summed E-state index contributed by atoms with van der Waals surface area (Å²) in [6.07, 6.45) is 12.1. The van der Waals surface area contributed by atoms with Crippen LogP contribution in [0.3, 0.4) is 0 Å². The maximum atomic E-state index is 9.88. The first-order valence-corrected chi connectivity index (χ1v) is 7.80. The molecule has 0 aliphatic heterocycles. The lowest BCUT2D eigenvalue weighted by Crippen LogP contribution is -2.32. The second kappa shape index (κ2) is 6.56. The van der Waals surface area contributed by atoms with Crippen molar-refractivity contribution in [2.45, 2.75) is 46.6 Å². The van der Waals surface area contributed by atoms with Gasteiger partial charge in [0, 0.05) is 5.41 Å². The van der Waals surface area contributed by atoms with Crippen LogP contribution in [-0.2, 0) is 0 Å². The SMILES string of the molecule is CC1C=CC(CCC(C)(CO)[C@@H](C)n2cncn2)=CC1C. The Morgan fingerprint density at radius 3 is 2.71 bits per heavy atom. The van der Waals surface area contributed by atoms with Gasteiger partial charge in [-0.05, 0) is 31.6 Å². The van der Waals surface area contributed by atoms with E-state index in [1.807, 2.05) is 4.68 Å². The molecule has 0 bridgehead atoms. The molecule has 21 heavy (non-hydrogen) atoms. The van der Waals surface area contributed by atoms with Crippen LogP contribution in [0.4, 0.5) is 0 Å². The summed E-state index contributed by atoms with van der Waals surface area (Å²) in [5.41, 5.74) is 1.18. The topological polar surface area (TPSA) is 50.9 Å². The normalized spacial score (nSPS) is 26.2. The van der Waals surface area contributed by atoms with E-state index < -0.39 is 0 Å². The highest BCUT2D eigenvalue weighted by Crippen LogP contribution is 2.37. The Morgan fingerprint density at radius 1 is 1.38 bits per heavy atom.